The van der Waals surface area contributed by atoms with E-state index in [-0.39, 0.29) is 11.3 Å². The number of phenols is 1. The Labute approximate surface area is 172 Å². The molecule has 0 unspecified atom stereocenters. The molecule has 0 spiro atoms. The third kappa shape index (κ3) is 3.02. The van der Waals surface area contributed by atoms with E-state index in [1.165, 1.54) is 10.9 Å². The largest absolute Gasteiger partial charge is 0.507 e. The van der Waals surface area contributed by atoms with Crippen LogP contribution in [0.5, 0.6) is 5.75 Å². The van der Waals surface area contributed by atoms with E-state index in [1.807, 2.05) is 72.8 Å². The van der Waals surface area contributed by atoms with Crippen molar-refractivity contribution in [1.29, 1.82) is 0 Å². The molecule has 5 aromatic rings. The molecule has 1 N–H and O–H groups in total. The zero-order valence-corrected chi connectivity index (χ0v) is 15.9. The minimum Gasteiger partial charge on any atom is -0.507 e. The molecule has 0 aliphatic heterocycles. The van der Waals surface area contributed by atoms with Crippen LogP contribution in [0.4, 0.5) is 0 Å². The molecule has 0 aliphatic rings. The van der Waals surface area contributed by atoms with Crippen LogP contribution in [0, 0.1) is 0 Å². The maximum atomic E-state index is 13.2. The van der Waals surface area contributed by atoms with E-state index in [2.05, 4.69) is 5.10 Å². The first-order chi connectivity index (χ1) is 14.7. The predicted octanol–water partition coefficient (Wildman–Crippen LogP) is 4.80. The smallest absolute Gasteiger partial charge is 0.282 e. The van der Waals surface area contributed by atoms with Gasteiger partial charge in [-0.1, -0.05) is 72.8 Å². The van der Waals surface area contributed by atoms with E-state index in [1.54, 1.807) is 18.2 Å². The fraction of sp³-hybridized carbons (Fsp3) is 0. The minimum absolute atomic E-state index is 0.0977. The molecule has 30 heavy (non-hydrogen) atoms. The Bertz CT molecular complexity index is 1470. The number of aromatic hydroxyl groups is 1. The molecule has 4 aromatic carbocycles. The van der Waals surface area contributed by atoms with Gasteiger partial charge in [0.2, 0.25) is 0 Å². The maximum absolute atomic E-state index is 13.2. The van der Waals surface area contributed by atoms with Crippen LogP contribution >= 0.6 is 0 Å². The summed E-state index contributed by atoms with van der Waals surface area (Å²) in [6.45, 7) is 0. The van der Waals surface area contributed by atoms with E-state index >= 15 is 0 Å². The van der Waals surface area contributed by atoms with Crippen molar-refractivity contribution in [2.75, 3.05) is 0 Å². The Morgan fingerprint density at radius 3 is 2.33 bits per heavy atom. The van der Waals surface area contributed by atoms with E-state index in [0.717, 1.165) is 16.3 Å². The van der Waals surface area contributed by atoms with Gasteiger partial charge in [-0.05, 0) is 29.0 Å². The van der Waals surface area contributed by atoms with Crippen molar-refractivity contribution in [3.63, 3.8) is 0 Å². The molecule has 0 saturated heterocycles. The number of nitrogens with zero attached hydrogens (tertiary/aromatic N) is 3. The topological polar surface area (TPSA) is 67.5 Å². The lowest BCUT2D eigenvalue weighted by Crippen LogP contribution is -2.20. The third-order valence-corrected chi connectivity index (χ3v) is 5.04. The molecule has 0 amide bonds. The first kappa shape index (κ1) is 17.8. The predicted molar refractivity (Wildman–Crippen MR) is 120 cm³/mol. The van der Waals surface area contributed by atoms with Crippen molar-refractivity contribution in [2.45, 2.75) is 0 Å². The Hall–Kier alpha value is -4.25. The normalized spacial score (nSPS) is 11.5. The van der Waals surface area contributed by atoms with Crippen molar-refractivity contribution < 1.29 is 5.11 Å². The molecule has 144 valence electrons. The molecule has 0 radical (unpaired) electrons. The van der Waals surface area contributed by atoms with Crippen molar-refractivity contribution in [2.24, 2.45) is 5.10 Å². The number of hydrogen-bond acceptors (Lipinski definition) is 4. The standard InChI is InChI=1S/C25H17N3O2/c29-23-15-14-17-8-4-5-11-19(17)21(23)16-26-28-24(18-9-2-1-3-10-18)27-22-13-7-6-12-20(22)25(28)30/h1-16,29H. The van der Waals surface area contributed by atoms with Crippen LogP contribution in [0.1, 0.15) is 5.56 Å². The second-order valence-corrected chi connectivity index (χ2v) is 6.90. The lowest BCUT2D eigenvalue weighted by molar-refractivity contribution is 0.475. The highest BCUT2D eigenvalue weighted by Crippen LogP contribution is 2.26. The van der Waals surface area contributed by atoms with Gasteiger partial charge in [-0.25, -0.2) is 4.98 Å². The van der Waals surface area contributed by atoms with Gasteiger partial charge in [0.15, 0.2) is 5.82 Å². The molecule has 0 aliphatic carbocycles. The summed E-state index contributed by atoms with van der Waals surface area (Å²) in [4.78, 5) is 17.9. The monoisotopic (exact) mass is 391 g/mol. The molecular formula is C25H17N3O2. The molecule has 0 fully saturated rings. The average molecular weight is 391 g/mol. The third-order valence-electron chi connectivity index (χ3n) is 5.04. The number of benzene rings is 4. The highest BCUT2D eigenvalue weighted by atomic mass is 16.3. The summed E-state index contributed by atoms with van der Waals surface area (Å²) in [5.41, 5.74) is 1.67. The van der Waals surface area contributed by atoms with Crippen LogP contribution in [-0.4, -0.2) is 21.0 Å². The summed E-state index contributed by atoms with van der Waals surface area (Å²) >= 11 is 0. The van der Waals surface area contributed by atoms with Gasteiger partial charge >= 0.3 is 0 Å². The van der Waals surface area contributed by atoms with Crippen LogP contribution < -0.4 is 5.56 Å². The molecule has 1 aromatic heterocycles. The number of para-hydroxylation sites is 1. The first-order valence-corrected chi connectivity index (χ1v) is 9.55. The second kappa shape index (κ2) is 7.29. The zero-order chi connectivity index (χ0) is 20.5. The van der Waals surface area contributed by atoms with E-state index in [4.69, 9.17) is 4.98 Å². The minimum atomic E-state index is -0.268. The van der Waals surface area contributed by atoms with Crippen LogP contribution in [0.25, 0.3) is 33.1 Å². The van der Waals surface area contributed by atoms with Gasteiger partial charge < -0.3 is 5.11 Å². The van der Waals surface area contributed by atoms with Gasteiger partial charge in [0.05, 0.1) is 17.1 Å². The first-order valence-electron chi connectivity index (χ1n) is 9.55. The zero-order valence-electron chi connectivity index (χ0n) is 15.9. The van der Waals surface area contributed by atoms with Gasteiger partial charge in [0.25, 0.3) is 5.56 Å². The quantitative estimate of drug-likeness (QED) is 0.449. The average Bonchev–Trinajstić information content (AvgIpc) is 2.80. The fourth-order valence-corrected chi connectivity index (χ4v) is 3.54. The lowest BCUT2D eigenvalue weighted by atomic mass is 10.0. The van der Waals surface area contributed by atoms with Crippen molar-refractivity contribution in [3.8, 4) is 17.1 Å². The summed E-state index contributed by atoms with van der Waals surface area (Å²) < 4.78 is 1.29. The number of phenolic OH excluding ortho intramolecular Hbond substituents is 1. The van der Waals surface area contributed by atoms with Crippen molar-refractivity contribution >= 4 is 27.9 Å². The highest BCUT2D eigenvalue weighted by Gasteiger charge is 2.12. The summed E-state index contributed by atoms with van der Waals surface area (Å²) in [6.07, 6.45) is 1.52. The highest BCUT2D eigenvalue weighted by molar-refractivity contribution is 6.02. The molecule has 1 heterocycles. The molecule has 5 heteroatoms. The SMILES string of the molecule is O=c1c2ccccc2nc(-c2ccccc2)n1N=Cc1c(O)ccc2ccccc12. The number of hydrogen-bond donors (Lipinski definition) is 1. The summed E-state index contributed by atoms with van der Waals surface area (Å²) in [6, 6.07) is 27.9. The molecule has 0 bridgehead atoms. The van der Waals surface area contributed by atoms with E-state index in [9.17, 15) is 9.90 Å². The molecule has 0 atom stereocenters. The molecule has 0 saturated carbocycles. The number of rotatable bonds is 3. The van der Waals surface area contributed by atoms with E-state index in [0.29, 0.717) is 22.3 Å². The van der Waals surface area contributed by atoms with Crippen LogP contribution in [-0.2, 0) is 0 Å². The lowest BCUT2D eigenvalue weighted by Gasteiger charge is -2.10. The van der Waals surface area contributed by atoms with E-state index < -0.39 is 0 Å². The van der Waals surface area contributed by atoms with Crippen molar-refractivity contribution in [3.05, 3.63) is 107 Å². The van der Waals surface area contributed by atoms with Gasteiger partial charge in [0.1, 0.15) is 5.75 Å². The molecule has 5 nitrogen and oxygen atoms in total. The molecule has 5 rings (SSSR count). The Morgan fingerprint density at radius 2 is 1.50 bits per heavy atom. The van der Waals surface area contributed by atoms with Gasteiger partial charge in [-0.15, -0.1) is 0 Å². The Morgan fingerprint density at radius 1 is 0.800 bits per heavy atom. The van der Waals surface area contributed by atoms with Crippen LogP contribution in [0.3, 0.4) is 0 Å². The maximum Gasteiger partial charge on any atom is 0.282 e. The summed E-state index contributed by atoms with van der Waals surface area (Å²) in [5.74, 6) is 0.538. The van der Waals surface area contributed by atoms with Crippen LogP contribution in [0.2, 0.25) is 0 Å². The van der Waals surface area contributed by atoms with Gasteiger partial charge in [0, 0.05) is 11.1 Å². The number of fused-ring (bicyclic) bond motifs is 2. The number of aromatic nitrogens is 2. The van der Waals surface area contributed by atoms with Gasteiger partial charge in [-0.3, -0.25) is 4.79 Å². The van der Waals surface area contributed by atoms with Crippen molar-refractivity contribution in [1.82, 2.24) is 9.66 Å². The van der Waals surface area contributed by atoms with Gasteiger partial charge in [-0.2, -0.15) is 9.78 Å². The molecular weight excluding hydrogens is 374 g/mol. The Kier molecular flexibility index (Phi) is 4.33. The Balaban J connectivity index is 1.76. The fourth-order valence-electron chi connectivity index (χ4n) is 3.54. The second-order valence-electron chi connectivity index (χ2n) is 6.90. The summed E-state index contributed by atoms with van der Waals surface area (Å²) in [5, 5.41) is 17.2. The van der Waals surface area contributed by atoms with Crippen LogP contribution in [0.15, 0.2) is 101 Å². The summed E-state index contributed by atoms with van der Waals surface area (Å²) in [7, 11) is 0.